The van der Waals surface area contributed by atoms with Crippen LogP contribution in [0.2, 0.25) is 0 Å². The summed E-state index contributed by atoms with van der Waals surface area (Å²) in [6, 6.07) is 0.204. The van der Waals surface area contributed by atoms with E-state index in [1.807, 2.05) is 0 Å². The van der Waals surface area contributed by atoms with Crippen LogP contribution in [0.15, 0.2) is 4.99 Å². The second-order valence-electron chi connectivity index (χ2n) is 7.41. The first kappa shape index (κ1) is 26.7. The Balaban J connectivity index is 0.00000420. The lowest BCUT2D eigenvalue weighted by Crippen LogP contribution is -2.54. The summed E-state index contributed by atoms with van der Waals surface area (Å²) < 4.78 is 61.4. The average Bonchev–Trinajstić information content (AvgIpc) is 2.65. The van der Waals surface area contributed by atoms with Crippen molar-refractivity contribution >= 4 is 40.0 Å². The highest BCUT2D eigenvalue weighted by atomic mass is 127. The maximum absolute atomic E-state index is 12.6. The fourth-order valence-corrected chi connectivity index (χ4v) is 4.40. The van der Waals surface area contributed by atoms with Crippen molar-refractivity contribution < 1.29 is 21.6 Å². The number of hydrogen-bond acceptors (Lipinski definition) is 5. The summed E-state index contributed by atoms with van der Waals surface area (Å²) >= 11 is 0. The number of piperidine rings is 1. The van der Waals surface area contributed by atoms with Crippen LogP contribution in [0.5, 0.6) is 0 Å². The van der Waals surface area contributed by atoms with Gasteiger partial charge in [0.05, 0.1) is 0 Å². The summed E-state index contributed by atoms with van der Waals surface area (Å²) in [4.78, 5) is 8.87. The van der Waals surface area contributed by atoms with Crippen molar-refractivity contribution in [3.8, 4) is 0 Å². The SMILES string of the molecule is CN=C(NCC(C)N1CCN(C)CC1)NC1CCN(S(=O)(=O)C(F)(F)F)CC1.I. The number of likely N-dealkylation sites (N-methyl/N-ethyl adjacent to an activating group) is 1. The summed E-state index contributed by atoms with van der Waals surface area (Å²) in [6.07, 6.45) is 0.591. The third-order valence-electron chi connectivity index (χ3n) is 5.38. The molecule has 0 amide bonds. The van der Waals surface area contributed by atoms with Crippen molar-refractivity contribution in [2.75, 3.05) is 59.9 Å². The van der Waals surface area contributed by atoms with E-state index in [1.165, 1.54) is 0 Å². The first-order valence-corrected chi connectivity index (χ1v) is 10.9. The molecule has 0 aromatic rings. The van der Waals surface area contributed by atoms with Crippen LogP contribution in [0.25, 0.3) is 0 Å². The summed E-state index contributed by atoms with van der Waals surface area (Å²) in [6.45, 7) is 6.63. The smallest absolute Gasteiger partial charge is 0.355 e. The van der Waals surface area contributed by atoms with Crippen LogP contribution >= 0.6 is 24.0 Å². The van der Waals surface area contributed by atoms with E-state index in [-0.39, 0.29) is 43.1 Å². The van der Waals surface area contributed by atoms with Crippen molar-refractivity contribution in [2.45, 2.75) is 37.4 Å². The number of sulfonamides is 1. The Labute approximate surface area is 188 Å². The van der Waals surface area contributed by atoms with Gasteiger partial charge < -0.3 is 15.5 Å². The van der Waals surface area contributed by atoms with E-state index in [0.717, 1.165) is 26.2 Å². The minimum atomic E-state index is -5.25. The van der Waals surface area contributed by atoms with Gasteiger partial charge in [-0.2, -0.15) is 17.5 Å². The molecule has 2 aliphatic heterocycles. The number of piperazine rings is 1. The van der Waals surface area contributed by atoms with Crippen LogP contribution in [0.4, 0.5) is 13.2 Å². The van der Waals surface area contributed by atoms with E-state index in [4.69, 9.17) is 0 Å². The Hall–Kier alpha value is -0.380. The number of nitrogens with zero attached hydrogens (tertiary/aromatic N) is 4. The van der Waals surface area contributed by atoms with Gasteiger partial charge in [0.15, 0.2) is 5.96 Å². The zero-order valence-electron chi connectivity index (χ0n) is 17.1. The first-order valence-electron chi connectivity index (χ1n) is 9.50. The average molecular weight is 556 g/mol. The van der Waals surface area contributed by atoms with Crippen LogP contribution < -0.4 is 10.6 Å². The monoisotopic (exact) mass is 556 g/mol. The molecular formula is C16H32F3IN6O2S. The fourth-order valence-electron chi connectivity index (χ4n) is 3.41. The van der Waals surface area contributed by atoms with E-state index in [9.17, 15) is 21.6 Å². The van der Waals surface area contributed by atoms with Crippen LogP contribution in [0.3, 0.4) is 0 Å². The second kappa shape index (κ2) is 11.3. The van der Waals surface area contributed by atoms with Gasteiger partial charge in [0.2, 0.25) is 0 Å². The molecule has 2 fully saturated rings. The van der Waals surface area contributed by atoms with Gasteiger partial charge in [0.1, 0.15) is 0 Å². The van der Waals surface area contributed by atoms with Crippen LogP contribution in [0.1, 0.15) is 19.8 Å². The van der Waals surface area contributed by atoms with Gasteiger partial charge in [0, 0.05) is 64.9 Å². The fraction of sp³-hybridized carbons (Fsp3) is 0.938. The van der Waals surface area contributed by atoms with E-state index in [2.05, 4.69) is 39.4 Å². The predicted molar refractivity (Wildman–Crippen MR) is 118 cm³/mol. The molecule has 13 heteroatoms. The van der Waals surface area contributed by atoms with Gasteiger partial charge in [0.25, 0.3) is 0 Å². The minimum Gasteiger partial charge on any atom is -0.355 e. The van der Waals surface area contributed by atoms with E-state index >= 15 is 0 Å². The number of nitrogens with one attached hydrogen (secondary N) is 2. The van der Waals surface area contributed by atoms with Gasteiger partial charge in [-0.05, 0) is 26.8 Å². The van der Waals surface area contributed by atoms with Gasteiger partial charge >= 0.3 is 15.5 Å². The lowest BCUT2D eigenvalue weighted by atomic mass is 10.1. The topological polar surface area (TPSA) is 80.3 Å². The van der Waals surface area contributed by atoms with Crippen molar-refractivity contribution in [1.82, 2.24) is 24.7 Å². The molecule has 2 rings (SSSR count). The lowest BCUT2D eigenvalue weighted by molar-refractivity contribution is -0.0494. The highest BCUT2D eigenvalue weighted by Crippen LogP contribution is 2.28. The second-order valence-corrected chi connectivity index (χ2v) is 9.34. The molecule has 2 heterocycles. The van der Waals surface area contributed by atoms with Gasteiger partial charge in [-0.25, -0.2) is 8.42 Å². The van der Waals surface area contributed by atoms with Crippen molar-refractivity contribution in [2.24, 2.45) is 4.99 Å². The molecule has 0 radical (unpaired) electrons. The summed E-state index contributed by atoms with van der Waals surface area (Å²) in [5.41, 5.74) is -5.25. The van der Waals surface area contributed by atoms with Crippen LogP contribution in [-0.4, -0.2) is 106 Å². The molecule has 0 saturated carbocycles. The standard InChI is InChI=1S/C16H31F3N6O2S.HI/c1-13(24-10-8-23(3)9-11-24)12-21-15(20-2)22-14-4-6-25(7-5-14)28(26,27)16(17,18)19;/h13-14H,4-12H2,1-3H3,(H2,20,21,22);1H. The molecule has 2 aliphatic rings. The van der Waals surface area contributed by atoms with E-state index < -0.39 is 15.5 Å². The third kappa shape index (κ3) is 7.36. The van der Waals surface area contributed by atoms with Gasteiger partial charge in [-0.3, -0.25) is 9.89 Å². The van der Waals surface area contributed by atoms with Gasteiger partial charge in [-0.1, -0.05) is 0 Å². The Morgan fingerprint density at radius 1 is 1.14 bits per heavy atom. The first-order chi connectivity index (χ1) is 13.0. The highest BCUT2D eigenvalue weighted by Gasteiger charge is 2.50. The third-order valence-corrected chi connectivity index (χ3v) is 7.01. The van der Waals surface area contributed by atoms with E-state index in [0.29, 0.717) is 35.7 Å². The quantitative estimate of drug-likeness (QED) is 0.295. The van der Waals surface area contributed by atoms with Crippen molar-refractivity contribution in [1.29, 1.82) is 0 Å². The van der Waals surface area contributed by atoms with Crippen LogP contribution in [-0.2, 0) is 10.0 Å². The Kier molecular flexibility index (Phi) is 10.4. The van der Waals surface area contributed by atoms with Crippen LogP contribution in [0, 0.1) is 0 Å². The number of alkyl halides is 3. The van der Waals surface area contributed by atoms with E-state index in [1.54, 1.807) is 7.05 Å². The summed E-state index contributed by atoms with van der Waals surface area (Å²) in [7, 11) is -1.50. The largest absolute Gasteiger partial charge is 0.511 e. The molecule has 2 saturated heterocycles. The van der Waals surface area contributed by atoms with Gasteiger partial charge in [-0.15, -0.1) is 24.0 Å². The number of halogens is 4. The normalized spacial score (nSPS) is 22.8. The Morgan fingerprint density at radius 2 is 1.69 bits per heavy atom. The predicted octanol–water partition coefficient (Wildman–Crippen LogP) is 0.719. The molecule has 2 N–H and O–H groups in total. The molecule has 0 aromatic carbocycles. The summed E-state index contributed by atoms with van der Waals surface area (Å²) in [5, 5.41) is 6.45. The molecule has 0 aromatic heterocycles. The minimum absolute atomic E-state index is 0. The molecule has 0 spiro atoms. The Morgan fingerprint density at radius 3 is 2.17 bits per heavy atom. The summed E-state index contributed by atoms with van der Waals surface area (Å²) in [5.74, 6) is 0.582. The molecule has 0 aliphatic carbocycles. The molecule has 1 unspecified atom stereocenters. The Bertz CT molecular complexity index is 633. The molecule has 0 bridgehead atoms. The molecule has 8 nitrogen and oxygen atoms in total. The maximum atomic E-state index is 12.6. The maximum Gasteiger partial charge on any atom is 0.511 e. The molecule has 172 valence electrons. The molecular weight excluding hydrogens is 524 g/mol. The number of aliphatic imine (C=N–C) groups is 1. The van der Waals surface area contributed by atoms with Crippen molar-refractivity contribution in [3.05, 3.63) is 0 Å². The zero-order chi connectivity index (χ0) is 20.9. The number of hydrogen-bond donors (Lipinski definition) is 2. The molecule has 1 atom stereocenters. The number of guanidine groups is 1. The molecule has 29 heavy (non-hydrogen) atoms. The zero-order valence-corrected chi connectivity index (χ0v) is 20.2. The highest BCUT2D eigenvalue weighted by molar-refractivity contribution is 14.0. The lowest BCUT2D eigenvalue weighted by Gasteiger charge is -2.37. The number of rotatable bonds is 5. The van der Waals surface area contributed by atoms with Crippen molar-refractivity contribution in [3.63, 3.8) is 0 Å².